The zero-order chi connectivity index (χ0) is 21.4. The Morgan fingerprint density at radius 3 is 2.77 bits per heavy atom. The number of imidazole rings is 1. The van der Waals surface area contributed by atoms with Crippen LogP contribution in [-0.4, -0.2) is 30.5 Å². The summed E-state index contributed by atoms with van der Waals surface area (Å²) in [4.78, 5) is 52.4. The van der Waals surface area contributed by atoms with Crippen molar-refractivity contribution in [1.82, 2.24) is 18.7 Å². The van der Waals surface area contributed by atoms with E-state index in [1.165, 1.54) is 17.9 Å². The van der Waals surface area contributed by atoms with Crippen LogP contribution >= 0.6 is 0 Å². The van der Waals surface area contributed by atoms with Crippen LogP contribution in [0.4, 0.5) is 11.4 Å². The molecular formula is C20H22N6O4. The molecule has 2 amide bonds. The summed E-state index contributed by atoms with van der Waals surface area (Å²) in [6.45, 7) is 0.424. The number of hydrogen-bond acceptors (Lipinski definition) is 5. The number of aryl methyl sites for hydroxylation is 3. The second kappa shape index (κ2) is 7.62. The molecule has 10 heteroatoms. The number of carbonyl (C=O) groups excluding carboxylic acids is 2. The van der Waals surface area contributed by atoms with Crippen LogP contribution in [0.3, 0.4) is 0 Å². The summed E-state index contributed by atoms with van der Waals surface area (Å²) in [5, 5.41) is 5.68. The average Bonchev–Trinajstić information content (AvgIpc) is 3.15. The lowest BCUT2D eigenvalue weighted by Gasteiger charge is -2.17. The maximum absolute atomic E-state index is 12.4. The van der Waals surface area contributed by atoms with E-state index in [1.54, 1.807) is 23.7 Å². The smallest absolute Gasteiger partial charge is 0.326 e. The number of aromatic nitrogens is 4. The van der Waals surface area contributed by atoms with E-state index < -0.39 is 11.2 Å². The summed E-state index contributed by atoms with van der Waals surface area (Å²) in [6.07, 6.45) is 3.37. The van der Waals surface area contributed by atoms with Crippen molar-refractivity contribution in [1.29, 1.82) is 0 Å². The molecule has 30 heavy (non-hydrogen) atoms. The minimum atomic E-state index is -0.429. The number of rotatable bonds is 5. The Balaban J connectivity index is 1.40. The summed E-state index contributed by atoms with van der Waals surface area (Å²) in [5.74, 6) is -0.138. The molecule has 0 fully saturated rings. The summed E-state index contributed by atoms with van der Waals surface area (Å²) < 4.78 is 4.05. The van der Waals surface area contributed by atoms with Crippen molar-refractivity contribution in [3.63, 3.8) is 0 Å². The number of fused-ring (bicyclic) bond motifs is 2. The zero-order valence-electron chi connectivity index (χ0n) is 16.8. The van der Waals surface area contributed by atoms with Crippen molar-refractivity contribution in [3.8, 4) is 0 Å². The number of hydrogen-bond donors (Lipinski definition) is 2. The second-order valence-electron chi connectivity index (χ2n) is 7.39. The Kier molecular flexibility index (Phi) is 4.98. The number of nitrogens with one attached hydrogen (secondary N) is 2. The van der Waals surface area contributed by atoms with Crippen LogP contribution in [-0.2, 0) is 36.6 Å². The Morgan fingerprint density at radius 1 is 1.17 bits per heavy atom. The van der Waals surface area contributed by atoms with Crippen molar-refractivity contribution < 1.29 is 9.59 Å². The fourth-order valence-electron chi connectivity index (χ4n) is 3.66. The molecule has 3 heterocycles. The Hall–Kier alpha value is -3.69. The lowest BCUT2D eigenvalue weighted by molar-refractivity contribution is -0.117. The standard InChI is InChI=1S/C20H22N6O4/c1-24-18-17(19(29)25(2)20(24)30)26(11-21-18)9-3-4-15(27)22-13-6-7-14-12(10-13)5-8-16(28)23-14/h6-7,10-11H,3-5,8-9H2,1-2H3,(H,22,27)(H,23,28). The zero-order valence-corrected chi connectivity index (χ0v) is 16.8. The molecule has 0 atom stereocenters. The molecule has 2 N–H and O–H groups in total. The molecule has 1 aliphatic heterocycles. The molecule has 1 aromatic carbocycles. The molecule has 0 unspecified atom stereocenters. The van der Waals surface area contributed by atoms with E-state index in [4.69, 9.17) is 0 Å². The molecule has 10 nitrogen and oxygen atoms in total. The second-order valence-corrected chi connectivity index (χ2v) is 7.39. The van der Waals surface area contributed by atoms with Gasteiger partial charge in [-0.2, -0.15) is 0 Å². The van der Waals surface area contributed by atoms with Crippen LogP contribution in [0.2, 0.25) is 0 Å². The molecule has 2 aromatic heterocycles. The van der Waals surface area contributed by atoms with E-state index in [0.717, 1.165) is 15.8 Å². The highest BCUT2D eigenvalue weighted by Crippen LogP contribution is 2.25. The van der Waals surface area contributed by atoms with Gasteiger partial charge in [-0.25, -0.2) is 9.78 Å². The van der Waals surface area contributed by atoms with Gasteiger partial charge in [0, 0.05) is 44.9 Å². The van der Waals surface area contributed by atoms with Crippen molar-refractivity contribution in [2.45, 2.75) is 32.2 Å². The van der Waals surface area contributed by atoms with Gasteiger partial charge >= 0.3 is 5.69 Å². The van der Waals surface area contributed by atoms with Crippen molar-refractivity contribution in [2.24, 2.45) is 14.1 Å². The van der Waals surface area contributed by atoms with Gasteiger partial charge in [0.25, 0.3) is 5.56 Å². The molecule has 0 bridgehead atoms. The van der Waals surface area contributed by atoms with Crippen molar-refractivity contribution >= 4 is 34.4 Å². The fourth-order valence-corrected chi connectivity index (χ4v) is 3.66. The van der Waals surface area contributed by atoms with Crippen LogP contribution in [0.15, 0.2) is 34.1 Å². The van der Waals surface area contributed by atoms with Crippen LogP contribution in [0, 0.1) is 0 Å². The SMILES string of the molecule is Cn1c(=O)c2c(ncn2CCCC(=O)Nc2ccc3c(c2)CCC(=O)N3)n(C)c1=O. The van der Waals surface area contributed by atoms with Crippen LogP contribution in [0.1, 0.15) is 24.8 Å². The third-order valence-electron chi connectivity index (χ3n) is 5.30. The minimum Gasteiger partial charge on any atom is -0.326 e. The predicted octanol–water partition coefficient (Wildman–Crippen LogP) is 0.737. The summed E-state index contributed by atoms with van der Waals surface area (Å²) in [7, 11) is 3.00. The van der Waals surface area contributed by atoms with Gasteiger partial charge in [-0.05, 0) is 36.6 Å². The predicted molar refractivity (Wildman–Crippen MR) is 111 cm³/mol. The summed E-state index contributed by atoms with van der Waals surface area (Å²) >= 11 is 0. The first-order valence-corrected chi connectivity index (χ1v) is 9.68. The number of amides is 2. The molecule has 0 spiro atoms. The minimum absolute atomic E-state index is 0.00112. The van der Waals surface area contributed by atoms with Gasteiger partial charge in [0.2, 0.25) is 11.8 Å². The first-order valence-electron chi connectivity index (χ1n) is 9.68. The van der Waals surface area contributed by atoms with Gasteiger partial charge in [0.15, 0.2) is 11.2 Å². The van der Waals surface area contributed by atoms with E-state index in [-0.39, 0.29) is 18.2 Å². The van der Waals surface area contributed by atoms with E-state index in [9.17, 15) is 19.2 Å². The van der Waals surface area contributed by atoms with Gasteiger partial charge < -0.3 is 15.2 Å². The molecule has 1 aliphatic rings. The normalized spacial score (nSPS) is 13.2. The highest BCUT2D eigenvalue weighted by atomic mass is 16.2. The highest BCUT2D eigenvalue weighted by molar-refractivity contribution is 5.95. The van der Waals surface area contributed by atoms with Crippen molar-refractivity contribution in [3.05, 3.63) is 50.9 Å². The monoisotopic (exact) mass is 410 g/mol. The van der Waals surface area contributed by atoms with E-state index in [1.807, 2.05) is 6.07 Å². The van der Waals surface area contributed by atoms with Crippen LogP contribution < -0.4 is 21.9 Å². The topological polar surface area (TPSA) is 120 Å². The molecule has 0 saturated heterocycles. The molecule has 0 saturated carbocycles. The highest BCUT2D eigenvalue weighted by Gasteiger charge is 2.16. The maximum atomic E-state index is 12.4. The molecular weight excluding hydrogens is 388 g/mol. The van der Waals surface area contributed by atoms with E-state index in [2.05, 4.69) is 15.6 Å². The number of carbonyl (C=O) groups is 2. The number of nitrogens with zero attached hydrogens (tertiary/aromatic N) is 4. The number of anilines is 2. The van der Waals surface area contributed by atoms with Gasteiger partial charge in [-0.15, -0.1) is 0 Å². The quantitative estimate of drug-likeness (QED) is 0.643. The number of benzene rings is 1. The van der Waals surface area contributed by atoms with Gasteiger partial charge in [-0.1, -0.05) is 0 Å². The largest absolute Gasteiger partial charge is 0.332 e. The average molecular weight is 410 g/mol. The van der Waals surface area contributed by atoms with Gasteiger partial charge in [0.05, 0.1) is 6.33 Å². The van der Waals surface area contributed by atoms with Crippen molar-refractivity contribution in [2.75, 3.05) is 10.6 Å². The van der Waals surface area contributed by atoms with Crippen LogP contribution in [0.5, 0.6) is 0 Å². The Morgan fingerprint density at radius 2 is 1.97 bits per heavy atom. The first-order chi connectivity index (χ1) is 14.3. The Labute approximate surface area is 171 Å². The molecule has 156 valence electrons. The molecule has 0 radical (unpaired) electrons. The first kappa shape index (κ1) is 19.6. The summed E-state index contributed by atoms with van der Waals surface area (Å²) in [6, 6.07) is 5.43. The van der Waals surface area contributed by atoms with E-state index >= 15 is 0 Å². The van der Waals surface area contributed by atoms with Crippen LogP contribution in [0.25, 0.3) is 11.2 Å². The molecule has 0 aliphatic carbocycles. The van der Waals surface area contributed by atoms with Gasteiger partial charge in [0.1, 0.15) is 0 Å². The van der Waals surface area contributed by atoms with Gasteiger partial charge in [-0.3, -0.25) is 23.5 Å². The lowest BCUT2D eigenvalue weighted by Crippen LogP contribution is -2.37. The molecule has 4 rings (SSSR count). The maximum Gasteiger partial charge on any atom is 0.332 e. The third kappa shape index (κ3) is 3.51. The molecule has 3 aromatic rings. The Bertz CT molecular complexity index is 1280. The van der Waals surface area contributed by atoms with E-state index in [0.29, 0.717) is 42.7 Å². The summed E-state index contributed by atoms with van der Waals surface area (Å²) in [5.41, 5.74) is 2.31. The lowest BCUT2D eigenvalue weighted by atomic mass is 10.0. The fraction of sp³-hybridized carbons (Fsp3) is 0.350. The third-order valence-corrected chi connectivity index (χ3v) is 5.30.